The lowest BCUT2D eigenvalue weighted by atomic mass is 9.80. The third-order valence-corrected chi connectivity index (χ3v) is 8.22. The topological polar surface area (TPSA) is 59.2 Å². The van der Waals surface area contributed by atoms with E-state index in [1.807, 2.05) is 10.7 Å². The van der Waals surface area contributed by atoms with Crippen molar-refractivity contribution in [1.29, 1.82) is 0 Å². The van der Waals surface area contributed by atoms with Crippen LogP contribution in [0.15, 0.2) is 55.4 Å². The Hall–Kier alpha value is -3.38. The SMILES string of the molecule is CCC/C(=C(\c1cc(C2CCN(Cc3cnccn3)CC2)ccc1C)C(C)C)c1cn2ncnc2cc1CC. The molecule has 204 valence electrons. The van der Waals surface area contributed by atoms with Gasteiger partial charge in [0.2, 0.25) is 0 Å². The highest BCUT2D eigenvalue weighted by molar-refractivity contribution is 5.93. The summed E-state index contributed by atoms with van der Waals surface area (Å²) in [5, 5.41) is 4.47. The Morgan fingerprint density at radius 3 is 2.54 bits per heavy atom. The highest BCUT2D eigenvalue weighted by Crippen LogP contribution is 2.40. The fourth-order valence-electron chi connectivity index (χ4n) is 6.20. The molecule has 0 atom stereocenters. The summed E-state index contributed by atoms with van der Waals surface area (Å²) in [6, 6.07) is 9.46. The Labute approximate surface area is 233 Å². The van der Waals surface area contributed by atoms with Gasteiger partial charge in [0.15, 0.2) is 5.65 Å². The average molecular weight is 523 g/mol. The van der Waals surface area contributed by atoms with E-state index in [0.29, 0.717) is 11.8 Å². The van der Waals surface area contributed by atoms with Crippen molar-refractivity contribution >= 4 is 16.8 Å². The molecule has 0 saturated carbocycles. The number of benzene rings is 1. The van der Waals surface area contributed by atoms with Crippen LogP contribution in [0.1, 0.15) is 92.8 Å². The van der Waals surface area contributed by atoms with E-state index < -0.39 is 0 Å². The first-order valence-corrected chi connectivity index (χ1v) is 14.6. The number of hydrogen-bond donors (Lipinski definition) is 0. The number of piperidine rings is 1. The number of hydrogen-bond acceptors (Lipinski definition) is 5. The van der Waals surface area contributed by atoms with Crippen molar-refractivity contribution in [3.8, 4) is 0 Å². The van der Waals surface area contributed by atoms with Crippen molar-refractivity contribution < 1.29 is 0 Å². The van der Waals surface area contributed by atoms with Crippen LogP contribution in [0.2, 0.25) is 0 Å². The monoisotopic (exact) mass is 522 g/mol. The maximum atomic E-state index is 4.47. The minimum Gasteiger partial charge on any atom is -0.297 e. The van der Waals surface area contributed by atoms with E-state index in [4.69, 9.17) is 0 Å². The zero-order valence-corrected chi connectivity index (χ0v) is 24.2. The number of aromatic nitrogens is 5. The molecule has 0 bridgehead atoms. The molecule has 4 heterocycles. The Bertz CT molecular complexity index is 1430. The molecule has 5 rings (SSSR count). The van der Waals surface area contributed by atoms with Gasteiger partial charge in [-0.15, -0.1) is 0 Å². The Kier molecular flexibility index (Phi) is 8.51. The molecular weight excluding hydrogens is 480 g/mol. The van der Waals surface area contributed by atoms with Crippen LogP contribution in [-0.4, -0.2) is 42.6 Å². The van der Waals surface area contributed by atoms with Crippen molar-refractivity contribution in [3.63, 3.8) is 0 Å². The fraction of sp³-hybridized carbons (Fsp3) is 0.455. The van der Waals surface area contributed by atoms with Crippen LogP contribution in [0.4, 0.5) is 0 Å². The molecular formula is C33H42N6. The molecule has 0 spiro atoms. The van der Waals surface area contributed by atoms with Crippen molar-refractivity contribution in [3.05, 3.63) is 88.9 Å². The second-order valence-electron chi connectivity index (χ2n) is 11.2. The molecule has 0 aliphatic carbocycles. The van der Waals surface area contributed by atoms with E-state index in [1.165, 1.54) is 51.8 Å². The number of aryl methyl sites for hydroxylation is 2. The third-order valence-electron chi connectivity index (χ3n) is 8.22. The highest BCUT2D eigenvalue weighted by Gasteiger charge is 2.24. The van der Waals surface area contributed by atoms with Crippen LogP contribution < -0.4 is 0 Å². The summed E-state index contributed by atoms with van der Waals surface area (Å²) >= 11 is 0. The number of likely N-dealkylation sites (tertiary alicyclic amines) is 1. The standard InChI is InChI=1S/C33H42N6/c1-6-8-29(31-21-39-32(36-22-37-39)18-25(31)7-2)33(23(3)4)30-17-27(10-9-24(30)5)26-11-15-38(16-12-26)20-28-19-34-13-14-35-28/h9-10,13-14,17-19,21-23,26H,6-8,11-12,15-16,20H2,1-5H3/b33-29+. The summed E-state index contributed by atoms with van der Waals surface area (Å²) in [6.07, 6.45) is 14.8. The smallest absolute Gasteiger partial charge is 0.155 e. The van der Waals surface area contributed by atoms with Crippen molar-refractivity contribution in [2.75, 3.05) is 13.1 Å². The molecule has 6 heteroatoms. The second-order valence-corrected chi connectivity index (χ2v) is 11.2. The van der Waals surface area contributed by atoms with E-state index in [2.05, 4.69) is 90.0 Å². The number of allylic oxidation sites excluding steroid dienone is 2. The molecule has 1 saturated heterocycles. The van der Waals surface area contributed by atoms with Gasteiger partial charge in [-0.25, -0.2) is 9.50 Å². The van der Waals surface area contributed by atoms with E-state index in [-0.39, 0.29) is 0 Å². The number of rotatable bonds is 9. The van der Waals surface area contributed by atoms with Gasteiger partial charge in [0.25, 0.3) is 0 Å². The van der Waals surface area contributed by atoms with Gasteiger partial charge in [-0.05, 0) is 103 Å². The van der Waals surface area contributed by atoms with Crippen molar-refractivity contribution in [2.45, 2.75) is 79.2 Å². The van der Waals surface area contributed by atoms with Gasteiger partial charge in [-0.2, -0.15) is 5.10 Å². The first kappa shape index (κ1) is 27.2. The summed E-state index contributed by atoms with van der Waals surface area (Å²) in [5.41, 5.74) is 11.8. The van der Waals surface area contributed by atoms with Crippen molar-refractivity contribution in [2.24, 2.45) is 5.92 Å². The lowest BCUT2D eigenvalue weighted by molar-refractivity contribution is 0.202. The van der Waals surface area contributed by atoms with E-state index in [0.717, 1.165) is 50.2 Å². The van der Waals surface area contributed by atoms with Gasteiger partial charge in [0.05, 0.1) is 5.69 Å². The summed E-state index contributed by atoms with van der Waals surface area (Å²) in [6.45, 7) is 14.6. The predicted molar refractivity (Wildman–Crippen MR) is 159 cm³/mol. The summed E-state index contributed by atoms with van der Waals surface area (Å²) in [4.78, 5) is 15.7. The second kappa shape index (κ2) is 12.2. The largest absolute Gasteiger partial charge is 0.297 e. The molecule has 1 fully saturated rings. The molecule has 3 aromatic heterocycles. The van der Waals surface area contributed by atoms with Crippen LogP contribution in [0.5, 0.6) is 0 Å². The third kappa shape index (κ3) is 5.96. The number of nitrogens with zero attached hydrogens (tertiary/aromatic N) is 6. The van der Waals surface area contributed by atoms with Gasteiger partial charge in [0, 0.05) is 31.3 Å². The van der Waals surface area contributed by atoms with Crippen molar-refractivity contribution in [1.82, 2.24) is 29.5 Å². The summed E-state index contributed by atoms with van der Waals surface area (Å²) in [5.74, 6) is 0.994. The summed E-state index contributed by atoms with van der Waals surface area (Å²) < 4.78 is 1.93. The fourth-order valence-corrected chi connectivity index (χ4v) is 6.20. The molecule has 4 aromatic rings. The molecule has 39 heavy (non-hydrogen) atoms. The zero-order chi connectivity index (χ0) is 27.4. The zero-order valence-electron chi connectivity index (χ0n) is 24.2. The summed E-state index contributed by atoms with van der Waals surface area (Å²) in [7, 11) is 0. The molecule has 1 aliphatic rings. The maximum absolute atomic E-state index is 4.47. The molecule has 6 nitrogen and oxygen atoms in total. The molecule has 1 aliphatic heterocycles. The molecule has 0 radical (unpaired) electrons. The molecule has 0 amide bonds. The van der Waals surface area contributed by atoms with Crippen LogP contribution >= 0.6 is 0 Å². The van der Waals surface area contributed by atoms with Gasteiger partial charge >= 0.3 is 0 Å². The van der Waals surface area contributed by atoms with E-state index in [1.54, 1.807) is 18.7 Å². The minimum atomic E-state index is 0.408. The van der Waals surface area contributed by atoms with Gasteiger partial charge in [-0.1, -0.05) is 52.3 Å². The number of fused-ring (bicyclic) bond motifs is 1. The predicted octanol–water partition coefficient (Wildman–Crippen LogP) is 7.14. The maximum Gasteiger partial charge on any atom is 0.155 e. The van der Waals surface area contributed by atoms with Crippen LogP contribution in [-0.2, 0) is 13.0 Å². The minimum absolute atomic E-state index is 0.408. The van der Waals surface area contributed by atoms with Crippen LogP contribution in [0, 0.1) is 12.8 Å². The van der Waals surface area contributed by atoms with E-state index >= 15 is 0 Å². The molecule has 1 aromatic carbocycles. The Balaban J connectivity index is 1.49. The highest BCUT2D eigenvalue weighted by atomic mass is 15.3. The van der Waals surface area contributed by atoms with E-state index in [9.17, 15) is 0 Å². The first-order valence-electron chi connectivity index (χ1n) is 14.6. The quantitative estimate of drug-likeness (QED) is 0.234. The first-order chi connectivity index (χ1) is 19.0. The van der Waals surface area contributed by atoms with Crippen LogP contribution in [0.3, 0.4) is 0 Å². The van der Waals surface area contributed by atoms with Gasteiger partial charge in [-0.3, -0.25) is 14.9 Å². The van der Waals surface area contributed by atoms with Crippen LogP contribution in [0.25, 0.3) is 16.8 Å². The lowest BCUT2D eigenvalue weighted by Gasteiger charge is -2.32. The Morgan fingerprint density at radius 2 is 1.85 bits per heavy atom. The average Bonchev–Trinajstić information content (AvgIpc) is 3.41. The Morgan fingerprint density at radius 1 is 1.03 bits per heavy atom. The lowest BCUT2D eigenvalue weighted by Crippen LogP contribution is -2.32. The van der Waals surface area contributed by atoms with Gasteiger partial charge in [0.1, 0.15) is 6.33 Å². The normalized spacial score (nSPS) is 15.7. The molecule has 0 unspecified atom stereocenters. The number of pyridine rings is 1. The van der Waals surface area contributed by atoms with Gasteiger partial charge < -0.3 is 0 Å². The molecule has 0 N–H and O–H groups in total.